The zero-order chi connectivity index (χ0) is 17.1. The van der Waals surface area contributed by atoms with Crippen LogP contribution >= 0.6 is 0 Å². The Bertz CT molecular complexity index is 645. The molecule has 1 aliphatic heterocycles. The van der Waals surface area contributed by atoms with Gasteiger partial charge in [-0.1, -0.05) is 18.2 Å². The Morgan fingerprint density at radius 3 is 2.21 bits per heavy atom. The van der Waals surface area contributed by atoms with Crippen molar-refractivity contribution in [3.8, 4) is 0 Å². The van der Waals surface area contributed by atoms with Gasteiger partial charge in [0.15, 0.2) is 0 Å². The minimum Gasteiger partial charge on any atom is -0.481 e. The number of benzene rings is 1. The quantitative estimate of drug-likeness (QED) is 0.924. The van der Waals surface area contributed by atoms with Gasteiger partial charge in [0, 0.05) is 19.0 Å². The summed E-state index contributed by atoms with van der Waals surface area (Å²) < 4.78 is 13.0. The van der Waals surface area contributed by atoms with Crippen molar-refractivity contribution < 1.29 is 19.1 Å². The van der Waals surface area contributed by atoms with Gasteiger partial charge in [-0.15, -0.1) is 0 Å². The van der Waals surface area contributed by atoms with Crippen molar-refractivity contribution in [2.45, 2.75) is 32.1 Å². The Balaban J connectivity index is 1.57. The first kappa shape index (κ1) is 16.7. The van der Waals surface area contributed by atoms with Crippen molar-refractivity contribution in [3.05, 3.63) is 41.7 Å². The Morgan fingerprint density at radius 2 is 1.67 bits per heavy atom. The summed E-state index contributed by atoms with van der Waals surface area (Å²) >= 11 is 0. The number of halogens is 1. The van der Waals surface area contributed by atoms with Crippen LogP contribution in [0.5, 0.6) is 0 Å². The van der Waals surface area contributed by atoms with Crippen LogP contribution in [0.1, 0.15) is 37.7 Å². The molecular weight excluding hydrogens is 309 g/mol. The number of nitrogens with zero attached hydrogens (tertiary/aromatic N) is 1. The molecule has 0 bridgehead atoms. The van der Waals surface area contributed by atoms with Crippen LogP contribution < -0.4 is 0 Å². The number of aliphatic carboxylic acids is 1. The molecule has 0 radical (unpaired) electrons. The van der Waals surface area contributed by atoms with Gasteiger partial charge in [0.25, 0.3) is 0 Å². The van der Waals surface area contributed by atoms with Crippen molar-refractivity contribution in [3.63, 3.8) is 0 Å². The minimum atomic E-state index is -0.745. The minimum absolute atomic E-state index is 0.0404. The van der Waals surface area contributed by atoms with E-state index in [4.69, 9.17) is 5.11 Å². The van der Waals surface area contributed by atoms with Gasteiger partial charge in [-0.05, 0) is 55.4 Å². The average Bonchev–Trinajstić information content (AvgIpc) is 2.62. The second-order valence-electron chi connectivity index (χ2n) is 6.66. The molecule has 24 heavy (non-hydrogen) atoms. The third kappa shape index (κ3) is 3.66. The van der Waals surface area contributed by atoms with E-state index in [-0.39, 0.29) is 23.6 Å². The van der Waals surface area contributed by atoms with Gasteiger partial charge in [0.2, 0.25) is 5.91 Å². The fourth-order valence-corrected chi connectivity index (χ4v) is 3.64. The fourth-order valence-electron chi connectivity index (χ4n) is 3.64. The number of carbonyl (C=O) groups excluding carboxylic acids is 1. The van der Waals surface area contributed by atoms with E-state index in [9.17, 15) is 14.0 Å². The molecule has 0 atom stereocenters. The van der Waals surface area contributed by atoms with Crippen LogP contribution in [0, 0.1) is 17.7 Å². The maximum absolute atomic E-state index is 13.0. The van der Waals surface area contributed by atoms with Crippen LogP contribution in [0.3, 0.4) is 0 Å². The first-order chi connectivity index (χ1) is 11.5. The smallest absolute Gasteiger partial charge is 0.306 e. The van der Waals surface area contributed by atoms with Crippen molar-refractivity contribution in [2.75, 3.05) is 13.1 Å². The topological polar surface area (TPSA) is 57.6 Å². The molecule has 1 fully saturated rings. The van der Waals surface area contributed by atoms with Gasteiger partial charge in [-0.25, -0.2) is 4.39 Å². The third-order valence-electron chi connectivity index (χ3n) is 5.16. The van der Waals surface area contributed by atoms with Crippen LogP contribution in [0.15, 0.2) is 30.3 Å². The highest BCUT2D eigenvalue weighted by Gasteiger charge is 2.32. The SMILES string of the molecule is O=C(O)C1CCC(C(=O)N2CC=C(c3ccc(F)cc3)CC2)CC1. The van der Waals surface area contributed by atoms with E-state index in [2.05, 4.69) is 0 Å². The van der Waals surface area contributed by atoms with Crippen LogP contribution in [0.4, 0.5) is 4.39 Å². The van der Waals surface area contributed by atoms with E-state index in [1.807, 2.05) is 11.0 Å². The molecule has 0 aromatic heterocycles. The second kappa shape index (κ2) is 7.16. The molecule has 128 valence electrons. The summed E-state index contributed by atoms with van der Waals surface area (Å²) in [7, 11) is 0. The molecule has 2 aliphatic rings. The first-order valence-corrected chi connectivity index (χ1v) is 8.51. The van der Waals surface area contributed by atoms with Gasteiger partial charge >= 0.3 is 5.97 Å². The number of rotatable bonds is 3. The molecule has 1 amide bonds. The van der Waals surface area contributed by atoms with E-state index >= 15 is 0 Å². The number of carboxylic acid groups (broad SMARTS) is 1. The van der Waals surface area contributed by atoms with Crippen molar-refractivity contribution in [2.24, 2.45) is 11.8 Å². The molecule has 1 aromatic carbocycles. The van der Waals surface area contributed by atoms with Crippen LogP contribution in [-0.2, 0) is 9.59 Å². The molecule has 4 nitrogen and oxygen atoms in total. The molecule has 5 heteroatoms. The fraction of sp³-hybridized carbons (Fsp3) is 0.474. The normalized spacial score (nSPS) is 24.4. The maximum atomic E-state index is 13.0. The summed E-state index contributed by atoms with van der Waals surface area (Å²) in [4.78, 5) is 25.5. The summed E-state index contributed by atoms with van der Waals surface area (Å²) in [6.45, 7) is 1.24. The van der Waals surface area contributed by atoms with E-state index < -0.39 is 5.97 Å². The molecule has 0 saturated heterocycles. The van der Waals surface area contributed by atoms with Crippen molar-refractivity contribution >= 4 is 17.4 Å². The van der Waals surface area contributed by atoms with E-state index in [1.165, 1.54) is 12.1 Å². The number of amides is 1. The lowest BCUT2D eigenvalue weighted by Crippen LogP contribution is -2.40. The third-order valence-corrected chi connectivity index (χ3v) is 5.16. The highest BCUT2D eigenvalue weighted by molar-refractivity contribution is 5.81. The van der Waals surface area contributed by atoms with Crippen LogP contribution in [0.25, 0.3) is 5.57 Å². The Kier molecular flexibility index (Phi) is 4.97. The zero-order valence-corrected chi connectivity index (χ0v) is 13.6. The summed E-state index contributed by atoms with van der Waals surface area (Å²) in [6.07, 6.45) is 5.33. The zero-order valence-electron chi connectivity index (χ0n) is 13.6. The molecule has 3 rings (SSSR count). The highest BCUT2D eigenvalue weighted by Crippen LogP contribution is 2.31. The predicted molar refractivity (Wildman–Crippen MR) is 88.7 cm³/mol. The van der Waals surface area contributed by atoms with Crippen molar-refractivity contribution in [1.29, 1.82) is 0 Å². The second-order valence-corrected chi connectivity index (χ2v) is 6.66. The maximum Gasteiger partial charge on any atom is 0.306 e. The number of hydrogen-bond donors (Lipinski definition) is 1. The van der Waals surface area contributed by atoms with Crippen molar-refractivity contribution in [1.82, 2.24) is 4.90 Å². The molecule has 1 saturated carbocycles. The van der Waals surface area contributed by atoms with Gasteiger partial charge in [0.1, 0.15) is 5.82 Å². The standard InChI is InChI=1S/C19H22FNO3/c20-17-7-5-13(6-8-17)14-9-11-21(12-10-14)18(22)15-1-3-16(4-2-15)19(23)24/h5-9,15-16H,1-4,10-12H2,(H,23,24). The number of carbonyl (C=O) groups is 2. The molecule has 0 spiro atoms. The molecule has 0 unspecified atom stereocenters. The Labute approximate surface area is 141 Å². The lowest BCUT2D eigenvalue weighted by molar-refractivity contribution is -0.145. The molecule has 1 heterocycles. The lowest BCUT2D eigenvalue weighted by Gasteiger charge is -2.32. The average molecular weight is 331 g/mol. The van der Waals surface area contributed by atoms with Crippen LogP contribution in [-0.4, -0.2) is 35.0 Å². The first-order valence-electron chi connectivity index (χ1n) is 8.51. The number of carboxylic acids is 1. The summed E-state index contributed by atoms with van der Waals surface area (Å²) in [5.41, 5.74) is 2.15. The molecule has 1 N–H and O–H groups in total. The molecular formula is C19H22FNO3. The van der Waals surface area contributed by atoms with Gasteiger partial charge < -0.3 is 10.0 Å². The Morgan fingerprint density at radius 1 is 1.04 bits per heavy atom. The van der Waals surface area contributed by atoms with E-state index in [0.29, 0.717) is 38.8 Å². The van der Waals surface area contributed by atoms with Gasteiger partial charge in [0.05, 0.1) is 5.92 Å². The highest BCUT2D eigenvalue weighted by atomic mass is 19.1. The summed E-state index contributed by atoms with van der Waals surface area (Å²) in [5, 5.41) is 9.04. The van der Waals surface area contributed by atoms with Gasteiger partial charge in [-0.3, -0.25) is 9.59 Å². The van der Waals surface area contributed by atoms with Gasteiger partial charge in [-0.2, -0.15) is 0 Å². The lowest BCUT2D eigenvalue weighted by atomic mass is 9.81. The monoisotopic (exact) mass is 331 g/mol. The molecule has 1 aromatic rings. The number of hydrogen-bond acceptors (Lipinski definition) is 2. The molecule has 1 aliphatic carbocycles. The largest absolute Gasteiger partial charge is 0.481 e. The van der Waals surface area contributed by atoms with E-state index in [0.717, 1.165) is 17.6 Å². The summed E-state index contributed by atoms with van der Waals surface area (Å²) in [5.74, 6) is -1.18. The summed E-state index contributed by atoms with van der Waals surface area (Å²) in [6, 6.07) is 6.45. The Hall–Kier alpha value is -2.17. The predicted octanol–water partition coefficient (Wildman–Crippen LogP) is 3.33. The van der Waals surface area contributed by atoms with E-state index in [1.54, 1.807) is 12.1 Å². The van der Waals surface area contributed by atoms with Crippen LogP contribution in [0.2, 0.25) is 0 Å².